The van der Waals surface area contributed by atoms with E-state index in [1.54, 1.807) is 0 Å². The van der Waals surface area contributed by atoms with Crippen molar-refractivity contribution in [3.05, 3.63) is 94.5 Å². The number of halogens is 1. The molecule has 1 unspecified atom stereocenters. The standard InChI is InChI=1S/C22H19ClN2O/c1-2-15-7-13-18(14-8-15)25-21(16-9-11-17(23)12-10-16)24-20-6-4-3-5-19(20)22(25)26/h3-14,21,24H,2H2,1H3. The summed E-state index contributed by atoms with van der Waals surface area (Å²) in [7, 11) is 0. The number of carbonyl (C=O) groups is 1. The van der Waals surface area contributed by atoms with E-state index in [9.17, 15) is 4.79 Å². The van der Waals surface area contributed by atoms with E-state index in [1.807, 2.05) is 65.6 Å². The lowest BCUT2D eigenvalue weighted by atomic mass is 10.0. The highest BCUT2D eigenvalue weighted by Crippen LogP contribution is 2.36. The summed E-state index contributed by atoms with van der Waals surface area (Å²) in [4.78, 5) is 15.1. The second kappa shape index (κ2) is 6.85. The SMILES string of the molecule is CCc1ccc(N2C(=O)c3ccccc3NC2c2ccc(Cl)cc2)cc1. The Morgan fingerprint density at radius 3 is 2.35 bits per heavy atom. The van der Waals surface area contributed by atoms with Crippen molar-refractivity contribution in [3.63, 3.8) is 0 Å². The zero-order valence-corrected chi connectivity index (χ0v) is 15.2. The summed E-state index contributed by atoms with van der Waals surface area (Å²) in [5.74, 6) is -0.0106. The van der Waals surface area contributed by atoms with Crippen LogP contribution in [0.2, 0.25) is 5.02 Å². The van der Waals surface area contributed by atoms with Gasteiger partial charge in [-0.3, -0.25) is 9.69 Å². The van der Waals surface area contributed by atoms with Crippen molar-refractivity contribution in [1.29, 1.82) is 0 Å². The molecule has 0 spiro atoms. The average Bonchev–Trinajstić information content (AvgIpc) is 2.69. The van der Waals surface area contributed by atoms with Gasteiger partial charge in [0.05, 0.1) is 5.56 Å². The molecule has 3 nitrogen and oxygen atoms in total. The number of benzene rings is 3. The molecule has 1 N–H and O–H groups in total. The van der Waals surface area contributed by atoms with Gasteiger partial charge in [0.1, 0.15) is 6.17 Å². The van der Waals surface area contributed by atoms with Crippen LogP contribution in [-0.2, 0) is 6.42 Å². The lowest BCUT2D eigenvalue weighted by Crippen LogP contribution is -2.43. The minimum atomic E-state index is -0.290. The normalized spacial score (nSPS) is 16.2. The molecule has 1 atom stereocenters. The lowest BCUT2D eigenvalue weighted by molar-refractivity contribution is 0.0975. The van der Waals surface area contributed by atoms with Gasteiger partial charge in [-0.1, -0.05) is 54.9 Å². The number of rotatable bonds is 3. The van der Waals surface area contributed by atoms with E-state index in [4.69, 9.17) is 11.6 Å². The van der Waals surface area contributed by atoms with Gasteiger partial charge in [0.25, 0.3) is 5.91 Å². The third-order valence-electron chi connectivity index (χ3n) is 4.74. The molecule has 3 aromatic carbocycles. The van der Waals surface area contributed by atoms with Crippen LogP contribution in [0.1, 0.15) is 34.6 Å². The highest BCUT2D eigenvalue weighted by Gasteiger charge is 2.33. The number of amides is 1. The van der Waals surface area contributed by atoms with Gasteiger partial charge in [-0.25, -0.2) is 0 Å². The highest BCUT2D eigenvalue weighted by atomic mass is 35.5. The van der Waals surface area contributed by atoms with E-state index in [1.165, 1.54) is 5.56 Å². The molecule has 0 fully saturated rings. The highest BCUT2D eigenvalue weighted by molar-refractivity contribution is 6.30. The molecule has 0 bridgehead atoms. The molecule has 0 saturated carbocycles. The Balaban J connectivity index is 1.82. The van der Waals surface area contributed by atoms with Crippen LogP contribution in [-0.4, -0.2) is 5.91 Å². The molecule has 0 aromatic heterocycles. The fraction of sp³-hybridized carbons (Fsp3) is 0.136. The minimum Gasteiger partial charge on any atom is -0.360 e. The number of anilines is 2. The molecule has 1 heterocycles. The second-order valence-electron chi connectivity index (χ2n) is 6.34. The summed E-state index contributed by atoms with van der Waals surface area (Å²) in [5.41, 5.74) is 4.62. The maximum absolute atomic E-state index is 13.3. The van der Waals surface area contributed by atoms with Gasteiger partial charge in [0, 0.05) is 16.4 Å². The van der Waals surface area contributed by atoms with Gasteiger partial charge in [-0.05, 0) is 53.9 Å². The second-order valence-corrected chi connectivity index (χ2v) is 6.78. The molecular weight excluding hydrogens is 344 g/mol. The molecule has 26 heavy (non-hydrogen) atoms. The van der Waals surface area contributed by atoms with Crippen LogP contribution in [0.25, 0.3) is 0 Å². The van der Waals surface area contributed by atoms with Crippen LogP contribution in [0.5, 0.6) is 0 Å². The van der Waals surface area contributed by atoms with E-state index in [0.717, 1.165) is 23.4 Å². The first-order chi connectivity index (χ1) is 12.7. The Labute approximate surface area is 158 Å². The Morgan fingerprint density at radius 2 is 1.65 bits per heavy atom. The summed E-state index contributed by atoms with van der Waals surface area (Å²) in [5, 5.41) is 4.18. The molecule has 0 aliphatic carbocycles. The monoisotopic (exact) mass is 362 g/mol. The number of nitrogens with one attached hydrogen (secondary N) is 1. The molecule has 1 aliphatic rings. The van der Waals surface area contributed by atoms with Crippen molar-refractivity contribution in [2.75, 3.05) is 10.2 Å². The topological polar surface area (TPSA) is 32.3 Å². The summed E-state index contributed by atoms with van der Waals surface area (Å²) < 4.78 is 0. The maximum atomic E-state index is 13.3. The summed E-state index contributed by atoms with van der Waals surface area (Å²) in [6.45, 7) is 2.12. The number of hydrogen-bond donors (Lipinski definition) is 1. The zero-order chi connectivity index (χ0) is 18.1. The van der Waals surface area contributed by atoms with Gasteiger partial charge < -0.3 is 5.32 Å². The molecule has 3 aromatic rings. The van der Waals surface area contributed by atoms with Gasteiger partial charge in [0.2, 0.25) is 0 Å². The number of aryl methyl sites for hydroxylation is 1. The molecule has 4 heteroatoms. The van der Waals surface area contributed by atoms with Crippen molar-refractivity contribution >= 4 is 28.9 Å². The first-order valence-electron chi connectivity index (χ1n) is 8.71. The molecule has 0 radical (unpaired) electrons. The number of para-hydroxylation sites is 1. The predicted octanol–water partition coefficient (Wildman–Crippen LogP) is 5.67. The minimum absolute atomic E-state index is 0.0106. The van der Waals surface area contributed by atoms with Gasteiger partial charge >= 0.3 is 0 Å². The number of hydrogen-bond acceptors (Lipinski definition) is 2. The first kappa shape index (κ1) is 16.7. The average molecular weight is 363 g/mol. The smallest absolute Gasteiger partial charge is 0.262 e. The molecule has 130 valence electrons. The van der Waals surface area contributed by atoms with Gasteiger partial charge in [-0.2, -0.15) is 0 Å². The fourth-order valence-corrected chi connectivity index (χ4v) is 3.42. The largest absolute Gasteiger partial charge is 0.360 e. The van der Waals surface area contributed by atoms with Crippen LogP contribution in [0.3, 0.4) is 0 Å². The summed E-state index contributed by atoms with van der Waals surface area (Å²) in [6, 6.07) is 23.4. The van der Waals surface area contributed by atoms with E-state index >= 15 is 0 Å². The number of carbonyl (C=O) groups excluding carboxylic acids is 1. The summed E-state index contributed by atoms with van der Waals surface area (Å²) in [6.07, 6.45) is 0.678. The first-order valence-corrected chi connectivity index (χ1v) is 9.08. The Bertz CT molecular complexity index is 935. The fourth-order valence-electron chi connectivity index (χ4n) is 3.29. The number of fused-ring (bicyclic) bond motifs is 1. The van der Waals surface area contributed by atoms with Crippen molar-refractivity contribution < 1.29 is 4.79 Å². The van der Waals surface area contributed by atoms with Crippen molar-refractivity contribution in [3.8, 4) is 0 Å². The molecule has 4 rings (SSSR count). The molecular formula is C22H19ClN2O. The van der Waals surface area contributed by atoms with E-state index < -0.39 is 0 Å². The predicted molar refractivity (Wildman–Crippen MR) is 107 cm³/mol. The maximum Gasteiger partial charge on any atom is 0.262 e. The van der Waals surface area contributed by atoms with E-state index in [2.05, 4.69) is 24.4 Å². The molecule has 0 saturated heterocycles. The zero-order valence-electron chi connectivity index (χ0n) is 14.4. The quantitative estimate of drug-likeness (QED) is 0.650. The van der Waals surface area contributed by atoms with Crippen LogP contribution in [0.4, 0.5) is 11.4 Å². The van der Waals surface area contributed by atoms with E-state index in [-0.39, 0.29) is 12.1 Å². The van der Waals surface area contributed by atoms with Crippen molar-refractivity contribution in [2.45, 2.75) is 19.5 Å². The van der Waals surface area contributed by atoms with Crippen LogP contribution < -0.4 is 10.2 Å². The van der Waals surface area contributed by atoms with Crippen molar-refractivity contribution in [1.82, 2.24) is 0 Å². The van der Waals surface area contributed by atoms with E-state index in [0.29, 0.717) is 10.6 Å². The van der Waals surface area contributed by atoms with Crippen LogP contribution in [0.15, 0.2) is 72.8 Å². The lowest BCUT2D eigenvalue weighted by Gasteiger charge is -2.38. The Kier molecular flexibility index (Phi) is 4.39. The third kappa shape index (κ3) is 2.95. The Morgan fingerprint density at radius 1 is 0.962 bits per heavy atom. The van der Waals surface area contributed by atoms with Crippen LogP contribution >= 0.6 is 11.6 Å². The molecule has 1 aliphatic heterocycles. The summed E-state index contributed by atoms with van der Waals surface area (Å²) >= 11 is 6.05. The van der Waals surface area contributed by atoms with Crippen LogP contribution in [0, 0.1) is 0 Å². The molecule has 1 amide bonds. The van der Waals surface area contributed by atoms with Gasteiger partial charge in [0.15, 0.2) is 0 Å². The third-order valence-corrected chi connectivity index (χ3v) is 4.99. The van der Waals surface area contributed by atoms with Crippen molar-refractivity contribution in [2.24, 2.45) is 0 Å². The van der Waals surface area contributed by atoms with Gasteiger partial charge in [-0.15, -0.1) is 0 Å². The number of nitrogens with zero attached hydrogens (tertiary/aromatic N) is 1. The Hall–Kier alpha value is -2.78.